The molecule has 1 aromatic rings. The van der Waals surface area contributed by atoms with Gasteiger partial charge in [0.15, 0.2) is 0 Å². The van der Waals surface area contributed by atoms with Crippen LogP contribution in [0.5, 0.6) is 0 Å². The average molecular weight is 267 g/mol. The normalized spacial score (nSPS) is 27.8. The molecule has 0 aromatic carbocycles. The van der Waals surface area contributed by atoms with E-state index in [1.54, 1.807) is 11.5 Å². The molecule has 2 saturated heterocycles. The monoisotopic (exact) mass is 267 g/mol. The molecule has 5 heteroatoms. The Hall–Kier alpha value is -0.680. The molecule has 0 saturated carbocycles. The zero-order chi connectivity index (χ0) is 12.6. The van der Waals surface area contributed by atoms with E-state index in [1.165, 1.54) is 12.8 Å². The third-order valence-electron chi connectivity index (χ3n) is 3.94. The van der Waals surface area contributed by atoms with Crippen molar-refractivity contribution in [1.82, 2.24) is 9.36 Å². The van der Waals surface area contributed by atoms with Crippen molar-refractivity contribution in [3.05, 3.63) is 5.82 Å². The van der Waals surface area contributed by atoms with Gasteiger partial charge in [0.1, 0.15) is 5.82 Å². The van der Waals surface area contributed by atoms with Gasteiger partial charge in [-0.05, 0) is 18.8 Å². The maximum absolute atomic E-state index is 5.56. The summed E-state index contributed by atoms with van der Waals surface area (Å²) < 4.78 is 10.0. The van der Waals surface area contributed by atoms with E-state index < -0.39 is 0 Å². The average Bonchev–Trinajstić information content (AvgIpc) is 3.01. The highest BCUT2D eigenvalue weighted by atomic mass is 32.1. The second-order valence-electron chi connectivity index (χ2n) is 6.07. The van der Waals surface area contributed by atoms with Crippen LogP contribution in [-0.4, -0.2) is 35.7 Å². The Morgan fingerprint density at radius 1 is 1.44 bits per heavy atom. The van der Waals surface area contributed by atoms with E-state index in [2.05, 4.69) is 28.1 Å². The molecule has 0 aliphatic carbocycles. The standard InChI is InChI=1S/C13H21N3OS/c1-10(2)7-11-14-12(18-15-11)16-5-3-13(8-16)4-6-17-9-13/h10H,3-9H2,1-2H3. The van der Waals surface area contributed by atoms with Crippen LogP contribution in [-0.2, 0) is 11.2 Å². The highest BCUT2D eigenvalue weighted by Gasteiger charge is 2.42. The molecule has 18 heavy (non-hydrogen) atoms. The molecule has 0 amide bonds. The van der Waals surface area contributed by atoms with Crippen LogP contribution in [0.1, 0.15) is 32.5 Å². The Bertz CT molecular complexity index is 412. The van der Waals surface area contributed by atoms with Gasteiger partial charge < -0.3 is 9.64 Å². The Kier molecular flexibility index (Phi) is 3.28. The van der Waals surface area contributed by atoms with Crippen molar-refractivity contribution in [1.29, 1.82) is 0 Å². The van der Waals surface area contributed by atoms with Crippen molar-refractivity contribution in [2.24, 2.45) is 11.3 Å². The highest BCUT2D eigenvalue weighted by Crippen LogP contribution is 2.40. The van der Waals surface area contributed by atoms with E-state index in [-0.39, 0.29) is 0 Å². The smallest absolute Gasteiger partial charge is 0.205 e. The van der Waals surface area contributed by atoms with Crippen molar-refractivity contribution >= 4 is 16.7 Å². The number of nitrogens with zero attached hydrogens (tertiary/aromatic N) is 3. The van der Waals surface area contributed by atoms with Gasteiger partial charge in [0, 0.05) is 43.1 Å². The summed E-state index contributed by atoms with van der Waals surface area (Å²) in [5, 5.41) is 1.11. The number of hydrogen-bond acceptors (Lipinski definition) is 5. The first-order chi connectivity index (χ1) is 8.67. The van der Waals surface area contributed by atoms with Gasteiger partial charge in [-0.2, -0.15) is 4.37 Å². The Balaban J connectivity index is 1.67. The van der Waals surface area contributed by atoms with E-state index in [9.17, 15) is 0 Å². The lowest BCUT2D eigenvalue weighted by Crippen LogP contribution is -2.27. The molecule has 4 nitrogen and oxygen atoms in total. The minimum Gasteiger partial charge on any atom is -0.381 e. The first-order valence-electron chi connectivity index (χ1n) is 6.82. The molecule has 1 aromatic heterocycles. The number of aromatic nitrogens is 2. The van der Waals surface area contributed by atoms with Gasteiger partial charge in [-0.1, -0.05) is 13.8 Å². The molecule has 1 unspecified atom stereocenters. The number of hydrogen-bond donors (Lipinski definition) is 0. The van der Waals surface area contributed by atoms with E-state index in [0.29, 0.717) is 11.3 Å². The van der Waals surface area contributed by atoms with Gasteiger partial charge in [-0.15, -0.1) is 0 Å². The van der Waals surface area contributed by atoms with E-state index in [4.69, 9.17) is 4.74 Å². The molecule has 0 radical (unpaired) electrons. The summed E-state index contributed by atoms with van der Waals surface area (Å²) in [6, 6.07) is 0. The molecule has 0 bridgehead atoms. The van der Waals surface area contributed by atoms with Gasteiger partial charge in [0.2, 0.25) is 5.13 Å². The summed E-state index contributed by atoms with van der Waals surface area (Å²) in [6.45, 7) is 8.50. The van der Waals surface area contributed by atoms with Gasteiger partial charge in [-0.3, -0.25) is 0 Å². The lowest BCUT2D eigenvalue weighted by molar-refractivity contribution is 0.160. The van der Waals surface area contributed by atoms with Crippen LogP contribution in [0.4, 0.5) is 5.13 Å². The molecular formula is C13H21N3OS. The fraction of sp³-hybridized carbons (Fsp3) is 0.846. The summed E-state index contributed by atoms with van der Waals surface area (Å²) in [5.74, 6) is 1.63. The predicted octanol–water partition coefficient (Wildman–Crippen LogP) is 2.35. The fourth-order valence-electron chi connectivity index (χ4n) is 2.89. The molecule has 2 aliphatic heterocycles. The highest BCUT2D eigenvalue weighted by molar-refractivity contribution is 7.09. The van der Waals surface area contributed by atoms with Crippen LogP contribution >= 0.6 is 11.5 Å². The third kappa shape index (κ3) is 2.38. The minimum absolute atomic E-state index is 0.407. The molecule has 2 aliphatic rings. The van der Waals surface area contributed by atoms with Crippen LogP contribution in [0.25, 0.3) is 0 Å². The van der Waals surface area contributed by atoms with Crippen LogP contribution < -0.4 is 4.90 Å². The van der Waals surface area contributed by atoms with Crippen LogP contribution in [0.15, 0.2) is 0 Å². The minimum atomic E-state index is 0.407. The van der Waals surface area contributed by atoms with Crippen molar-refractivity contribution in [3.63, 3.8) is 0 Å². The zero-order valence-electron chi connectivity index (χ0n) is 11.2. The van der Waals surface area contributed by atoms with Gasteiger partial charge in [-0.25, -0.2) is 4.98 Å². The van der Waals surface area contributed by atoms with Crippen LogP contribution in [0.2, 0.25) is 0 Å². The largest absolute Gasteiger partial charge is 0.381 e. The number of ether oxygens (including phenoxy) is 1. The van der Waals surface area contributed by atoms with E-state index >= 15 is 0 Å². The number of anilines is 1. The quantitative estimate of drug-likeness (QED) is 0.842. The Morgan fingerprint density at radius 3 is 3.06 bits per heavy atom. The van der Waals surface area contributed by atoms with Crippen molar-refractivity contribution in [2.75, 3.05) is 31.2 Å². The molecule has 1 atom stereocenters. The lowest BCUT2D eigenvalue weighted by atomic mass is 9.87. The predicted molar refractivity (Wildman–Crippen MR) is 73.2 cm³/mol. The van der Waals surface area contributed by atoms with Crippen LogP contribution in [0.3, 0.4) is 0 Å². The zero-order valence-corrected chi connectivity index (χ0v) is 12.0. The van der Waals surface area contributed by atoms with Crippen molar-refractivity contribution < 1.29 is 4.74 Å². The van der Waals surface area contributed by atoms with Gasteiger partial charge in [0.25, 0.3) is 0 Å². The molecule has 0 N–H and O–H groups in total. The molecule has 3 heterocycles. The summed E-state index contributed by atoms with van der Waals surface area (Å²) in [6.07, 6.45) is 3.44. The van der Waals surface area contributed by atoms with Gasteiger partial charge >= 0.3 is 0 Å². The lowest BCUT2D eigenvalue weighted by Gasteiger charge is -2.21. The molecule has 3 rings (SSSR count). The maximum atomic E-state index is 5.56. The van der Waals surface area contributed by atoms with Crippen molar-refractivity contribution in [3.8, 4) is 0 Å². The number of rotatable bonds is 3. The third-order valence-corrected chi connectivity index (χ3v) is 4.76. The van der Waals surface area contributed by atoms with Crippen molar-refractivity contribution in [2.45, 2.75) is 33.1 Å². The first-order valence-corrected chi connectivity index (χ1v) is 7.60. The second-order valence-corrected chi connectivity index (χ2v) is 6.80. The summed E-state index contributed by atoms with van der Waals surface area (Å²) in [4.78, 5) is 7.08. The first kappa shape index (κ1) is 12.4. The van der Waals surface area contributed by atoms with E-state index in [1.807, 2.05) is 0 Å². The van der Waals surface area contributed by atoms with Crippen LogP contribution in [0, 0.1) is 11.3 Å². The molecule has 2 fully saturated rings. The summed E-state index contributed by atoms with van der Waals surface area (Å²) in [7, 11) is 0. The summed E-state index contributed by atoms with van der Waals surface area (Å²) in [5.41, 5.74) is 0.407. The fourth-order valence-corrected chi connectivity index (χ4v) is 3.61. The van der Waals surface area contributed by atoms with E-state index in [0.717, 1.165) is 43.7 Å². The topological polar surface area (TPSA) is 38.2 Å². The second kappa shape index (κ2) is 4.78. The molecule has 1 spiro atoms. The summed E-state index contributed by atoms with van der Waals surface area (Å²) >= 11 is 1.55. The molecular weight excluding hydrogens is 246 g/mol. The Morgan fingerprint density at radius 2 is 2.33 bits per heavy atom. The Labute approximate surface area is 113 Å². The maximum Gasteiger partial charge on any atom is 0.205 e. The SMILES string of the molecule is CC(C)Cc1nsc(N2CCC3(CCOC3)C2)n1. The molecule has 100 valence electrons. The van der Waals surface area contributed by atoms with Gasteiger partial charge in [0.05, 0.1) is 6.61 Å².